The number of halogens is 3. The first-order valence-electron chi connectivity index (χ1n) is 8.54. The Morgan fingerprint density at radius 2 is 1.71 bits per heavy atom. The zero-order valence-corrected chi connectivity index (χ0v) is 13.8. The summed E-state index contributed by atoms with van der Waals surface area (Å²) in [5, 5.41) is 0. The maximum Gasteiger partial charge on any atom is 0.166 e. The lowest BCUT2D eigenvalue weighted by Gasteiger charge is -2.19. The molecule has 1 aliphatic carbocycles. The first-order valence-corrected chi connectivity index (χ1v) is 8.54. The van der Waals surface area contributed by atoms with Crippen molar-refractivity contribution >= 4 is 0 Å². The van der Waals surface area contributed by atoms with Gasteiger partial charge in [0.1, 0.15) is 5.82 Å². The maximum atomic E-state index is 14.9. The van der Waals surface area contributed by atoms with E-state index in [2.05, 4.69) is 13.0 Å². The molecule has 0 heterocycles. The highest BCUT2D eigenvalue weighted by Gasteiger charge is 2.20. The van der Waals surface area contributed by atoms with Gasteiger partial charge in [-0.15, -0.1) is 0 Å². The summed E-state index contributed by atoms with van der Waals surface area (Å²) in [4.78, 5) is 0. The van der Waals surface area contributed by atoms with Gasteiger partial charge >= 0.3 is 0 Å². The Kier molecular flexibility index (Phi) is 5.08. The van der Waals surface area contributed by atoms with Gasteiger partial charge in [0.2, 0.25) is 0 Å². The normalized spacial score (nSPS) is 13.6. The minimum Gasteiger partial charge on any atom is -0.206 e. The molecule has 3 rings (SSSR count). The van der Waals surface area contributed by atoms with Crippen LogP contribution in [0.15, 0.2) is 42.0 Å². The summed E-state index contributed by atoms with van der Waals surface area (Å²) in [5.41, 5.74) is 3.03. The molecular weight excluding hydrogens is 309 g/mol. The topological polar surface area (TPSA) is 0 Å². The summed E-state index contributed by atoms with van der Waals surface area (Å²) in [6.07, 6.45) is 7.96. The van der Waals surface area contributed by atoms with Gasteiger partial charge in [0, 0.05) is 11.1 Å². The number of unbranched alkanes of at least 4 members (excludes halogenated alkanes) is 2. The van der Waals surface area contributed by atoms with Crippen LogP contribution in [-0.4, -0.2) is 0 Å². The van der Waals surface area contributed by atoms with Gasteiger partial charge in [0.05, 0.1) is 0 Å². The van der Waals surface area contributed by atoms with Crippen LogP contribution in [0.1, 0.15) is 43.7 Å². The van der Waals surface area contributed by atoms with E-state index in [1.165, 1.54) is 30.5 Å². The minimum atomic E-state index is -0.997. The number of rotatable bonds is 5. The largest absolute Gasteiger partial charge is 0.206 e. The Morgan fingerprint density at radius 3 is 2.50 bits per heavy atom. The second-order valence-corrected chi connectivity index (χ2v) is 6.37. The van der Waals surface area contributed by atoms with Crippen molar-refractivity contribution in [2.45, 2.75) is 45.4 Å². The predicted molar refractivity (Wildman–Crippen MR) is 91.4 cm³/mol. The molecule has 0 aromatic heterocycles. The molecule has 0 aliphatic heterocycles. The lowest BCUT2D eigenvalue weighted by Crippen LogP contribution is -2.07. The van der Waals surface area contributed by atoms with Gasteiger partial charge in [-0.1, -0.05) is 55.7 Å². The van der Waals surface area contributed by atoms with Gasteiger partial charge in [0.25, 0.3) is 0 Å². The van der Waals surface area contributed by atoms with Crippen molar-refractivity contribution in [3.8, 4) is 11.1 Å². The third kappa shape index (κ3) is 3.26. The first kappa shape index (κ1) is 16.8. The Balaban J connectivity index is 1.89. The van der Waals surface area contributed by atoms with Crippen molar-refractivity contribution in [3.63, 3.8) is 0 Å². The van der Waals surface area contributed by atoms with E-state index in [0.717, 1.165) is 30.9 Å². The van der Waals surface area contributed by atoms with Crippen molar-refractivity contribution in [1.82, 2.24) is 0 Å². The summed E-state index contributed by atoms with van der Waals surface area (Å²) in [7, 11) is 0. The highest BCUT2D eigenvalue weighted by Crippen LogP contribution is 2.33. The molecule has 1 aliphatic rings. The van der Waals surface area contributed by atoms with Crippen LogP contribution in [0.3, 0.4) is 0 Å². The molecule has 0 radical (unpaired) electrons. The smallest absolute Gasteiger partial charge is 0.166 e. The monoisotopic (exact) mass is 330 g/mol. The third-order valence-corrected chi connectivity index (χ3v) is 4.70. The molecule has 2 aromatic rings. The number of allylic oxidation sites excluding steroid dienone is 2. The summed E-state index contributed by atoms with van der Waals surface area (Å²) in [6.45, 7) is 2.17. The van der Waals surface area contributed by atoms with Gasteiger partial charge < -0.3 is 0 Å². The molecule has 0 saturated carbocycles. The van der Waals surface area contributed by atoms with Gasteiger partial charge in [-0.3, -0.25) is 0 Å². The molecule has 0 N–H and O–H groups in total. The highest BCUT2D eigenvalue weighted by molar-refractivity contribution is 5.67. The molecule has 0 saturated heterocycles. The van der Waals surface area contributed by atoms with Gasteiger partial charge in [-0.05, 0) is 42.9 Å². The zero-order valence-electron chi connectivity index (χ0n) is 13.8. The van der Waals surface area contributed by atoms with Crippen LogP contribution in [-0.2, 0) is 12.8 Å². The molecule has 0 amide bonds. The minimum absolute atomic E-state index is 0.0203. The Morgan fingerprint density at radius 1 is 0.917 bits per heavy atom. The fourth-order valence-corrected chi connectivity index (χ4v) is 3.32. The Bertz CT molecular complexity index is 775. The average Bonchev–Trinajstić information content (AvgIpc) is 2.58. The van der Waals surface area contributed by atoms with Crippen LogP contribution in [0.2, 0.25) is 0 Å². The number of hydrogen-bond acceptors (Lipinski definition) is 0. The standard InChI is InChI=1S/C21H21F3/c1-2-3-4-6-14-9-11-16-15(13-14)10-12-18(20(16)23)17-7-5-8-19(22)21(17)24/h5,7-10,12H,2-4,6,11,13H2,1H3. The van der Waals surface area contributed by atoms with Gasteiger partial charge in [-0.2, -0.15) is 0 Å². The molecule has 0 atom stereocenters. The van der Waals surface area contributed by atoms with Crippen molar-refractivity contribution in [1.29, 1.82) is 0 Å². The molecule has 0 fully saturated rings. The molecule has 0 bridgehead atoms. The lowest BCUT2D eigenvalue weighted by atomic mass is 9.86. The van der Waals surface area contributed by atoms with E-state index in [1.54, 1.807) is 6.07 Å². The van der Waals surface area contributed by atoms with Gasteiger partial charge in [0.15, 0.2) is 11.6 Å². The number of benzene rings is 2. The molecule has 0 spiro atoms. The summed E-state index contributed by atoms with van der Waals surface area (Å²) in [6, 6.07) is 7.28. The Labute approximate surface area is 141 Å². The second-order valence-electron chi connectivity index (χ2n) is 6.37. The van der Waals surface area contributed by atoms with Crippen molar-refractivity contribution in [2.75, 3.05) is 0 Å². The summed E-state index contributed by atoms with van der Waals surface area (Å²) in [5.74, 6) is -2.38. The fraction of sp³-hybridized carbons (Fsp3) is 0.333. The molecule has 2 aromatic carbocycles. The average molecular weight is 330 g/mol. The van der Waals surface area contributed by atoms with E-state index in [9.17, 15) is 13.2 Å². The van der Waals surface area contributed by atoms with E-state index >= 15 is 0 Å². The van der Waals surface area contributed by atoms with Crippen molar-refractivity contribution < 1.29 is 13.2 Å². The van der Waals surface area contributed by atoms with Crippen LogP contribution in [0.25, 0.3) is 11.1 Å². The van der Waals surface area contributed by atoms with E-state index in [4.69, 9.17) is 0 Å². The molecule has 0 nitrogen and oxygen atoms in total. The molecule has 24 heavy (non-hydrogen) atoms. The second kappa shape index (κ2) is 7.25. The van der Waals surface area contributed by atoms with Crippen LogP contribution in [0.4, 0.5) is 13.2 Å². The summed E-state index contributed by atoms with van der Waals surface area (Å²) < 4.78 is 42.3. The van der Waals surface area contributed by atoms with Crippen molar-refractivity contribution in [3.05, 3.63) is 70.6 Å². The zero-order chi connectivity index (χ0) is 17.1. The van der Waals surface area contributed by atoms with Crippen molar-refractivity contribution in [2.24, 2.45) is 0 Å². The fourth-order valence-electron chi connectivity index (χ4n) is 3.32. The van der Waals surface area contributed by atoms with E-state index in [0.29, 0.717) is 12.0 Å². The molecule has 0 unspecified atom stereocenters. The maximum absolute atomic E-state index is 14.9. The van der Waals surface area contributed by atoms with E-state index in [-0.39, 0.29) is 11.1 Å². The molecular formula is C21H21F3. The first-order chi connectivity index (χ1) is 11.6. The SMILES string of the molecule is CCCCCC1=CCc2c(ccc(-c3cccc(F)c3F)c2F)C1. The van der Waals surface area contributed by atoms with E-state index in [1.807, 2.05) is 6.07 Å². The Hall–Kier alpha value is -2.03. The van der Waals surface area contributed by atoms with Crippen LogP contribution < -0.4 is 0 Å². The van der Waals surface area contributed by atoms with Gasteiger partial charge in [-0.25, -0.2) is 13.2 Å². The molecule has 126 valence electrons. The predicted octanol–water partition coefficient (Wildman–Crippen LogP) is 6.38. The third-order valence-electron chi connectivity index (χ3n) is 4.70. The van der Waals surface area contributed by atoms with Crippen LogP contribution in [0.5, 0.6) is 0 Å². The number of hydrogen-bond donors (Lipinski definition) is 0. The van der Waals surface area contributed by atoms with Crippen LogP contribution in [0, 0.1) is 17.5 Å². The highest BCUT2D eigenvalue weighted by atomic mass is 19.2. The quantitative estimate of drug-likeness (QED) is 0.441. The number of fused-ring (bicyclic) bond motifs is 1. The summed E-state index contributed by atoms with van der Waals surface area (Å²) >= 11 is 0. The molecule has 3 heteroatoms. The lowest BCUT2D eigenvalue weighted by molar-refractivity contribution is 0.510. The van der Waals surface area contributed by atoms with E-state index < -0.39 is 17.5 Å². The van der Waals surface area contributed by atoms with Crippen LogP contribution >= 0.6 is 0 Å².